The molecule has 126 valence electrons. The molecule has 3 aromatic rings. The summed E-state index contributed by atoms with van der Waals surface area (Å²) < 4.78 is 23.0. The molecular weight excluding hydrogens is 419 g/mol. The van der Waals surface area contributed by atoms with Crippen molar-refractivity contribution in [3.05, 3.63) is 57.7 Å². The summed E-state index contributed by atoms with van der Waals surface area (Å²) in [6.45, 7) is -0.0894. The fourth-order valence-corrected chi connectivity index (χ4v) is 3.47. The highest BCUT2D eigenvalue weighted by Gasteiger charge is 2.25. The van der Waals surface area contributed by atoms with Gasteiger partial charge in [0.1, 0.15) is 0 Å². The minimum Gasteiger partial charge on any atom is -0.402 e. The molecule has 1 atom stereocenters. The molecule has 0 bridgehead atoms. The van der Waals surface area contributed by atoms with Crippen LogP contribution in [0.15, 0.2) is 47.1 Å². The summed E-state index contributed by atoms with van der Waals surface area (Å²) in [7, 11) is -4.32. The fourth-order valence-electron chi connectivity index (χ4n) is 2.12. The molecule has 0 aliphatic carbocycles. The number of benzene rings is 2. The summed E-state index contributed by atoms with van der Waals surface area (Å²) in [4.78, 5) is 12.9. The number of anilines is 1. The van der Waals surface area contributed by atoms with Crippen molar-refractivity contribution in [2.45, 2.75) is 6.61 Å². The number of hydrogen-bond donors (Lipinski definition) is 3. The second-order valence-electron chi connectivity index (χ2n) is 5.01. The molecule has 0 spiro atoms. The Kier molecular flexibility index (Phi) is 4.90. The minimum atomic E-state index is -4.32. The normalized spacial score (nSPS) is 13.8. The Morgan fingerprint density at radius 3 is 2.67 bits per heavy atom. The lowest BCUT2D eigenvalue weighted by atomic mass is 10.2. The molecule has 9 heteroatoms. The van der Waals surface area contributed by atoms with Crippen molar-refractivity contribution < 1.29 is 18.5 Å². The summed E-state index contributed by atoms with van der Waals surface area (Å²) >= 11 is 9.53. The molecule has 2 aromatic carbocycles. The van der Waals surface area contributed by atoms with Crippen LogP contribution in [0.1, 0.15) is 5.56 Å². The molecule has 0 aliphatic rings. The number of nitrogens with one attached hydrogen (secondary N) is 1. The summed E-state index contributed by atoms with van der Waals surface area (Å²) in [5.41, 5.74) is 7.56. The maximum Gasteiger partial charge on any atom is 0.527 e. The lowest BCUT2D eigenvalue weighted by Crippen LogP contribution is -1.98. The molecule has 4 N–H and O–H groups in total. The van der Waals surface area contributed by atoms with Gasteiger partial charge in [-0.25, -0.2) is 4.57 Å². The number of aromatic amines is 1. The average Bonchev–Trinajstić information content (AvgIpc) is 2.93. The summed E-state index contributed by atoms with van der Waals surface area (Å²) in [5, 5.41) is 0.874. The smallest absolute Gasteiger partial charge is 0.402 e. The number of fused-ring (bicyclic) bond motifs is 1. The Morgan fingerprint density at radius 1 is 1.25 bits per heavy atom. The van der Waals surface area contributed by atoms with Crippen molar-refractivity contribution >= 4 is 51.9 Å². The third-order valence-electron chi connectivity index (χ3n) is 3.29. The number of nitrogens with two attached hydrogens (primary N) is 1. The van der Waals surface area contributed by atoms with Gasteiger partial charge in [-0.15, -0.1) is 0 Å². The standard InChI is InChI=1S/C15H13BrClN2O4P/c16-11-5-6-12-14(15(11)17)13(7-19-12)23-24(20,21)22-8-9-1-3-10(18)4-2-9/h1-7,19H,8,18H2,(H,20,21). The van der Waals surface area contributed by atoms with E-state index in [4.69, 9.17) is 26.4 Å². The van der Waals surface area contributed by atoms with Crippen LogP contribution in [-0.2, 0) is 15.7 Å². The lowest BCUT2D eigenvalue weighted by Gasteiger charge is -2.13. The predicted octanol–water partition coefficient (Wildman–Crippen LogP) is 4.86. The number of nitrogen functional groups attached to an aromatic ring is 1. The third kappa shape index (κ3) is 3.77. The molecule has 6 nitrogen and oxygen atoms in total. The monoisotopic (exact) mass is 430 g/mol. The van der Waals surface area contributed by atoms with Crippen molar-refractivity contribution in [1.82, 2.24) is 4.98 Å². The second-order valence-corrected chi connectivity index (χ2v) is 7.62. The van der Waals surface area contributed by atoms with E-state index in [0.717, 1.165) is 0 Å². The maximum atomic E-state index is 12.2. The van der Waals surface area contributed by atoms with Crippen LogP contribution >= 0.6 is 35.4 Å². The number of phosphoric ester groups is 1. The van der Waals surface area contributed by atoms with Crippen LogP contribution in [-0.4, -0.2) is 9.88 Å². The molecule has 1 unspecified atom stereocenters. The average molecular weight is 432 g/mol. The number of H-pyrrole nitrogens is 1. The van der Waals surface area contributed by atoms with Gasteiger partial charge in [0.15, 0.2) is 5.75 Å². The number of rotatable bonds is 5. The first kappa shape index (κ1) is 17.3. The second kappa shape index (κ2) is 6.78. The molecule has 0 aliphatic heterocycles. The molecule has 1 aromatic heterocycles. The Balaban J connectivity index is 1.78. The first-order valence-corrected chi connectivity index (χ1v) is 9.49. The molecule has 0 radical (unpaired) electrons. The van der Waals surface area contributed by atoms with Crippen molar-refractivity contribution in [3.63, 3.8) is 0 Å². The van der Waals surface area contributed by atoms with Gasteiger partial charge in [0.2, 0.25) is 0 Å². The highest BCUT2D eigenvalue weighted by molar-refractivity contribution is 9.10. The van der Waals surface area contributed by atoms with Gasteiger partial charge in [0, 0.05) is 16.4 Å². The van der Waals surface area contributed by atoms with Gasteiger partial charge in [0.05, 0.1) is 22.5 Å². The van der Waals surface area contributed by atoms with Crippen molar-refractivity contribution in [2.24, 2.45) is 0 Å². The van der Waals surface area contributed by atoms with E-state index in [-0.39, 0.29) is 12.4 Å². The zero-order valence-corrected chi connectivity index (χ0v) is 15.4. The zero-order valence-electron chi connectivity index (χ0n) is 12.2. The van der Waals surface area contributed by atoms with Gasteiger partial charge in [-0.1, -0.05) is 23.7 Å². The van der Waals surface area contributed by atoms with Gasteiger partial charge in [0.25, 0.3) is 0 Å². The lowest BCUT2D eigenvalue weighted by molar-refractivity contribution is 0.196. The molecule has 24 heavy (non-hydrogen) atoms. The summed E-state index contributed by atoms with van der Waals surface area (Å²) in [6, 6.07) is 10.3. The van der Waals surface area contributed by atoms with E-state index < -0.39 is 7.82 Å². The third-order valence-corrected chi connectivity index (χ3v) is 5.45. The Labute approximate surface area is 151 Å². The fraction of sp³-hybridized carbons (Fsp3) is 0.0667. The quantitative estimate of drug-likeness (QED) is 0.396. The maximum absolute atomic E-state index is 12.2. The van der Waals surface area contributed by atoms with Crippen LogP contribution in [0.4, 0.5) is 5.69 Å². The SMILES string of the molecule is Nc1ccc(COP(=O)(O)Oc2c[nH]c3ccc(Br)c(Cl)c23)cc1. The van der Waals surface area contributed by atoms with E-state index in [1.165, 1.54) is 6.20 Å². The first-order chi connectivity index (χ1) is 11.4. The van der Waals surface area contributed by atoms with Crippen molar-refractivity contribution in [1.29, 1.82) is 0 Å². The Morgan fingerprint density at radius 2 is 1.96 bits per heavy atom. The predicted molar refractivity (Wildman–Crippen MR) is 97.1 cm³/mol. The van der Waals surface area contributed by atoms with Gasteiger partial charge in [-0.05, 0) is 45.8 Å². The summed E-state index contributed by atoms with van der Waals surface area (Å²) in [5.74, 6) is 0.138. The van der Waals surface area contributed by atoms with E-state index in [2.05, 4.69) is 20.9 Å². The number of aromatic nitrogens is 1. The molecular formula is C15H13BrClN2O4P. The van der Waals surface area contributed by atoms with E-state index in [9.17, 15) is 9.46 Å². The largest absolute Gasteiger partial charge is 0.527 e. The van der Waals surface area contributed by atoms with Crippen LogP contribution in [0.25, 0.3) is 10.9 Å². The number of hydrogen-bond acceptors (Lipinski definition) is 4. The van der Waals surface area contributed by atoms with Crippen LogP contribution in [0.5, 0.6) is 5.75 Å². The first-order valence-electron chi connectivity index (χ1n) is 6.82. The number of halogens is 2. The van der Waals surface area contributed by atoms with Crippen molar-refractivity contribution in [3.8, 4) is 5.75 Å². The van der Waals surface area contributed by atoms with E-state index in [0.29, 0.717) is 31.6 Å². The van der Waals surface area contributed by atoms with Crippen molar-refractivity contribution in [2.75, 3.05) is 5.73 Å². The highest BCUT2D eigenvalue weighted by atomic mass is 79.9. The highest BCUT2D eigenvalue weighted by Crippen LogP contribution is 2.48. The van der Waals surface area contributed by atoms with Gasteiger partial charge in [-0.2, -0.15) is 0 Å². The van der Waals surface area contributed by atoms with Gasteiger partial charge < -0.3 is 15.2 Å². The topological polar surface area (TPSA) is 97.6 Å². The van der Waals surface area contributed by atoms with Gasteiger partial charge >= 0.3 is 7.82 Å². The van der Waals surface area contributed by atoms with Gasteiger partial charge in [-0.3, -0.25) is 9.42 Å². The molecule has 0 saturated heterocycles. The summed E-state index contributed by atoms with van der Waals surface area (Å²) in [6.07, 6.45) is 1.46. The molecule has 0 saturated carbocycles. The van der Waals surface area contributed by atoms with E-state index in [1.54, 1.807) is 36.4 Å². The van der Waals surface area contributed by atoms with Crippen LogP contribution < -0.4 is 10.3 Å². The minimum absolute atomic E-state index is 0.0894. The number of phosphoric acid groups is 1. The Hall–Kier alpha value is -1.50. The van der Waals surface area contributed by atoms with E-state index in [1.807, 2.05) is 0 Å². The van der Waals surface area contributed by atoms with E-state index >= 15 is 0 Å². The van der Waals surface area contributed by atoms with Crippen LogP contribution in [0.2, 0.25) is 5.02 Å². The Bertz CT molecular complexity index is 929. The molecule has 0 amide bonds. The van der Waals surface area contributed by atoms with Crippen LogP contribution in [0.3, 0.4) is 0 Å². The molecule has 0 fully saturated rings. The van der Waals surface area contributed by atoms with Crippen LogP contribution in [0, 0.1) is 0 Å². The zero-order chi connectivity index (χ0) is 17.3. The molecule has 3 rings (SSSR count). The molecule has 1 heterocycles.